The summed E-state index contributed by atoms with van der Waals surface area (Å²) in [5.74, 6) is 1.02. The van der Waals surface area contributed by atoms with Crippen molar-refractivity contribution in [1.29, 1.82) is 0 Å². The van der Waals surface area contributed by atoms with Gasteiger partial charge in [-0.1, -0.05) is 11.6 Å². The smallest absolute Gasteiger partial charge is 0.308 e. The number of hydrogen-bond acceptors (Lipinski definition) is 10. The maximum atomic E-state index is 13.6. The Morgan fingerprint density at radius 1 is 1.00 bits per heavy atom. The average Bonchev–Trinajstić information content (AvgIpc) is 2.96. The number of ether oxygens (including phenoxy) is 4. The minimum atomic E-state index is -0.486. The van der Waals surface area contributed by atoms with Gasteiger partial charge >= 0.3 is 5.97 Å². The molecule has 0 saturated carbocycles. The molecule has 0 atom stereocenters. The second kappa shape index (κ2) is 15.5. The van der Waals surface area contributed by atoms with E-state index in [4.69, 9.17) is 30.5 Å². The van der Waals surface area contributed by atoms with Gasteiger partial charge in [0.05, 0.1) is 43.9 Å². The lowest BCUT2D eigenvalue weighted by atomic mass is 10.2. The van der Waals surface area contributed by atoms with E-state index in [9.17, 15) is 9.18 Å². The van der Waals surface area contributed by atoms with Crippen molar-refractivity contribution in [1.82, 2.24) is 19.8 Å². The summed E-state index contributed by atoms with van der Waals surface area (Å²) in [6, 6.07) is 8.08. The topological polar surface area (TPSA) is 98.3 Å². The molecule has 1 fully saturated rings. The fourth-order valence-electron chi connectivity index (χ4n) is 4.70. The monoisotopic (exact) mass is 617 g/mol. The molecule has 0 unspecified atom stereocenters. The third kappa shape index (κ3) is 10.2. The predicted octanol–water partition coefficient (Wildman–Crippen LogP) is 5.31. The molecule has 2 aromatic carbocycles. The number of fused-ring (bicyclic) bond motifs is 1. The van der Waals surface area contributed by atoms with Crippen molar-refractivity contribution in [3.63, 3.8) is 0 Å². The molecule has 0 amide bonds. The number of benzene rings is 2. The molecule has 2 heterocycles. The summed E-state index contributed by atoms with van der Waals surface area (Å²) in [7, 11) is 1.60. The van der Waals surface area contributed by atoms with Gasteiger partial charge in [-0.3, -0.25) is 9.69 Å². The molecule has 1 aromatic heterocycles. The summed E-state index contributed by atoms with van der Waals surface area (Å²) in [5, 5.41) is 3.95. The Bertz CT molecular complexity index is 1360. The number of carbonyl (C=O) groups is 1. The first-order valence-corrected chi connectivity index (χ1v) is 14.9. The second-order valence-corrected chi connectivity index (χ2v) is 11.7. The summed E-state index contributed by atoms with van der Waals surface area (Å²) in [5.41, 5.74) is 0.823. The van der Waals surface area contributed by atoms with Gasteiger partial charge in [-0.2, -0.15) is 0 Å². The lowest BCUT2D eigenvalue weighted by Crippen LogP contribution is -2.47. The molecule has 10 nitrogen and oxygen atoms in total. The van der Waals surface area contributed by atoms with E-state index >= 15 is 0 Å². The van der Waals surface area contributed by atoms with Crippen LogP contribution in [0.4, 0.5) is 15.9 Å². The summed E-state index contributed by atoms with van der Waals surface area (Å²) in [6.45, 7) is 12.8. The highest BCUT2D eigenvalue weighted by molar-refractivity contribution is 6.31. The van der Waals surface area contributed by atoms with Crippen molar-refractivity contribution < 1.29 is 28.1 Å². The van der Waals surface area contributed by atoms with E-state index in [1.165, 1.54) is 18.5 Å². The highest BCUT2D eigenvalue weighted by Gasteiger charge is 2.18. The minimum absolute atomic E-state index is 0.0247. The molecule has 234 valence electrons. The van der Waals surface area contributed by atoms with Crippen LogP contribution in [0.3, 0.4) is 0 Å². The molecular weight excluding hydrogens is 577 g/mol. The maximum Gasteiger partial charge on any atom is 0.308 e. The Morgan fingerprint density at radius 2 is 1.74 bits per heavy atom. The van der Waals surface area contributed by atoms with Crippen LogP contribution in [0, 0.1) is 5.82 Å². The first kappa shape index (κ1) is 32.7. The Kier molecular flexibility index (Phi) is 11.7. The van der Waals surface area contributed by atoms with E-state index in [0.717, 1.165) is 51.1 Å². The molecule has 1 saturated heterocycles. The molecule has 1 aliphatic rings. The van der Waals surface area contributed by atoms with Crippen molar-refractivity contribution in [3.05, 3.63) is 47.5 Å². The summed E-state index contributed by atoms with van der Waals surface area (Å²) in [4.78, 5) is 25.3. The van der Waals surface area contributed by atoms with E-state index in [1.54, 1.807) is 13.2 Å². The molecule has 3 aromatic rings. The predicted molar refractivity (Wildman–Crippen MR) is 165 cm³/mol. The Morgan fingerprint density at radius 3 is 2.44 bits per heavy atom. The van der Waals surface area contributed by atoms with Gasteiger partial charge in [0, 0.05) is 56.4 Å². The quantitative estimate of drug-likeness (QED) is 0.189. The first-order chi connectivity index (χ1) is 20.6. The molecule has 12 heteroatoms. The lowest BCUT2D eigenvalue weighted by Gasteiger charge is -2.34. The van der Waals surface area contributed by atoms with Crippen LogP contribution in [0.5, 0.6) is 11.5 Å². The van der Waals surface area contributed by atoms with Crippen molar-refractivity contribution in [2.75, 3.05) is 71.5 Å². The number of piperazine rings is 1. The third-order valence-electron chi connectivity index (χ3n) is 6.87. The van der Waals surface area contributed by atoms with E-state index in [-0.39, 0.29) is 17.4 Å². The van der Waals surface area contributed by atoms with Gasteiger partial charge in [-0.25, -0.2) is 14.4 Å². The zero-order chi connectivity index (χ0) is 30.8. The van der Waals surface area contributed by atoms with Crippen LogP contribution in [0.15, 0.2) is 36.7 Å². The normalized spacial score (nSPS) is 14.6. The molecule has 0 aliphatic carbocycles. The number of halogens is 2. The third-order valence-corrected chi connectivity index (χ3v) is 7.16. The lowest BCUT2D eigenvalue weighted by molar-refractivity contribution is -0.156. The largest absolute Gasteiger partial charge is 0.493 e. The van der Waals surface area contributed by atoms with E-state index < -0.39 is 11.4 Å². The van der Waals surface area contributed by atoms with Gasteiger partial charge in [0.25, 0.3) is 0 Å². The number of nitrogens with one attached hydrogen (secondary N) is 1. The molecule has 4 rings (SSSR count). The number of anilines is 2. The number of aromatic nitrogens is 2. The van der Waals surface area contributed by atoms with Crippen LogP contribution in [0.1, 0.15) is 33.6 Å². The molecule has 0 radical (unpaired) electrons. The van der Waals surface area contributed by atoms with Crippen molar-refractivity contribution in [3.8, 4) is 11.5 Å². The fraction of sp³-hybridized carbons (Fsp3) is 0.516. The van der Waals surface area contributed by atoms with Gasteiger partial charge in [-0.15, -0.1) is 0 Å². The van der Waals surface area contributed by atoms with Gasteiger partial charge in [0.1, 0.15) is 23.6 Å². The molecule has 43 heavy (non-hydrogen) atoms. The summed E-state index contributed by atoms with van der Waals surface area (Å²) < 4.78 is 36.3. The number of rotatable bonds is 14. The fourth-order valence-corrected chi connectivity index (χ4v) is 4.88. The molecule has 0 bridgehead atoms. The SMILES string of the molecule is COc1cc2ncnc(Nc3ccc(F)c(Cl)c3)c2cc1OCCCN1CCN(CCOCCC(=O)OC(C)(C)C)CC1. The second-order valence-electron chi connectivity index (χ2n) is 11.3. The van der Waals surface area contributed by atoms with Crippen molar-refractivity contribution >= 4 is 40.0 Å². The number of esters is 1. The molecular formula is C31H41ClFN5O5. The van der Waals surface area contributed by atoms with Crippen LogP contribution >= 0.6 is 11.6 Å². The number of carbonyl (C=O) groups excluding carboxylic acids is 1. The van der Waals surface area contributed by atoms with Gasteiger partial charge in [-0.05, 0) is 51.5 Å². The molecule has 1 N–H and O–H groups in total. The van der Waals surface area contributed by atoms with Gasteiger partial charge in [0.15, 0.2) is 11.5 Å². The van der Waals surface area contributed by atoms with Crippen molar-refractivity contribution in [2.24, 2.45) is 0 Å². The van der Waals surface area contributed by atoms with E-state index in [1.807, 2.05) is 32.9 Å². The molecule has 0 spiro atoms. The highest BCUT2D eigenvalue weighted by atomic mass is 35.5. The Labute approximate surface area is 257 Å². The molecule has 1 aliphatic heterocycles. The van der Waals surface area contributed by atoms with Crippen LogP contribution in [-0.4, -0.2) is 97.5 Å². The highest BCUT2D eigenvalue weighted by Crippen LogP contribution is 2.35. The summed E-state index contributed by atoms with van der Waals surface area (Å²) in [6.07, 6.45) is 2.59. The standard InChI is InChI=1S/C31H41ClFN5O5/c1-31(2,3)43-29(39)8-16-41-17-14-38-12-10-37(11-13-38)9-5-15-42-28-19-23-26(20-27(28)40-4)34-21-35-30(23)36-22-6-7-25(33)24(32)18-22/h6-7,18-21H,5,8-17H2,1-4H3,(H,34,35,36). The number of nitrogens with zero attached hydrogens (tertiary/aromatic N) is 4. The van der Waals surface area contributed by atoms with Crippen LogP contribution in [-0.2, 0) is 14.3 Å². The Hall–Kier alpha value is -3.25. The maximum absolute atomic E-state index is 13.6. The average molecular weight is 618 g/mol. The van der Waals surface area contributed by atoms with Crippen molar-refractivity contribution in [2.45, 2.75) is 39.2 Å². The zero-order valence-electron chi connectivity index (χ0n) is 25.3. The van der Waals surface area contributed by atoms with E-state index in [0.29, 0.717) is 48.3 Å². The summed E-state index contributed by atoms with van der Waals surface area (Å²) >= 11 is 5.94. The van der Waals surface area contributed by atoms with Crippen LogP contribution in [0.2, 0.25) is 5.02 Å². The van der Waals surface area contributed by atoms with Crippen LogP contribution < -0.4 is 14.8 Å². The van der Waals surface area contributed by atoms with Gasteiger partial charge in [0.2, 0.25) is 0 Å². The van der Waals surface area contributed by atoms with Crippen LogP contribution in [0.25, 0.3) is 10.9 Å². The Balaban J connectivity index is 1.20. The first-order valence-electron chi connectivity index (χ1n) is 14.5. The zero-order valence-corrected chi connectivity index (χ0v) is 26.1. The van der Waals surface area contributed by atoms with Gasteiger partial charge < -0.3 is 29.2 Å². The van der Waals surface area contributed by atoms with E-state index in [2.05, 4.69) is 25.1 Å². The minimum Gasteiger partial charge on any atom is -0.493 e. The number of hydrogen-bond donors (Lipinski definition) is 1. The number of methoxy groups -OCH3 is 1.